The number of hydrogen-bond donors (Lipinski definition) is 4. The Bertz CT molecular complexity index is 666. The Morgan fingerprint density at radius 2 is 1.74 bits per heavy atom. The molecule has 1 aromatic rings. The lowest BCUT2D eigenvalue weighted by Gasteiger charge is -2.29. The van der Waals surface area contributed by atoms with Crippen LogP contribution in [0, 0.1) is 0 Å². The molecule has 0 spiro atoms. The molecule has 5 amide bonds. The molecule has 0 radical (unpaired) electrons. The summed E-state index contributed by atoms with van der Waals surface area (Å²) in [5.41, 5.74) is 5.98. The zero-order valence-electron chi connectivity index (χ0n) is 15.5. The summed E-state index contributed by atoms with van der Waals surface area (Å²) in [7, 11) is 1.55. The molecule has 1 aromatic carbocycles. The minimum absolute atomic E-state index is 0.236. The number of carbonyl (C=O) groups excluding carboxylic acids is 3. The number of urea groups is 2. The molecule has 0 bridgehead atoms. The summed E-state index contributed by atoms with van der Waals surface area (Å²) in [6, 6.07) is 5.94. The topological polar surface area (TPSA) is 129 Å². The second-order valence-electron chi connectivity index (χ2n) is 5.83. The van der Waals surface area contributed by atoms with Crippen molar-refractivity contribution in [2.24, 2.45) is 5.73 Å². The van der Waals surface area contributed by atoms with Crippen LogP contribution in [0.2, 0.25) is 0 Å². The van der Waals surface area contributed by atoms with E-state index in [-0.39, 0.29) is 26.2 Å². The summed E-state index contributed by atoms with van der Waals surface area (Å²) >= 11 is 0. The predicted octanol–water partition coefficient (Wildman–Crippen LogP) is -0.0248. The van der Waals surface area contributed by atoms with Crippen LogP contribution in [-0.4, -0.2) is 73.8 Å². The van der Waals surface area contributed by atoms with Crippen LogP contribution in [0.25, 0.3) is 0 Å². The number of carbonyl (C=O) groups is 3. The van der Waals surface area contributed by atoms with Gasteiger partial charge in [0.25, 0.3) is 5.91 Å². The average molecular weight is 378 g/mol. The van der Waals surface area contributed by atoms with Crippen molar-refractivity contribution in [2.75, 3.05) is 45.2 Å². The smallest absolute Gasteiger partial charge is 0.323 e. The molecule has 1 saturated heterocycles. The van der Waals surface area contributed by atoms with Crippen molar-refractivity contribution in [3.05, 3.63) is 24.3 Å². The van der Waals surface area contributed by atoms with Crippen molar-refractivity contribution in [1.29, 1.82) is 0 Å². The van der Waals surface area contributed by atoms with Crippen molar-refractivity contribution in [3.63, 3.8) is 0 Å². The van der Waals surface area contributed by atoms with Gasteiger partial charge in [0.05, 0.1) is 7.11 Å². The Kier molecular flexibility index (Phi) is 7.24. The number of nitrogens with one attached hydrogen (secondary N) is 3. The van der Waals surface area contributed by atoms with E-state index < -0.39 is 24.1 Å². The molecular formula is C17H26N6O4. The number of rotatable bonds is 6. The lowest BCUT2D eigenvalue weighted by Crippen LogP contribution is -2.56. The molecule has 1 heterocycles. The Balaban J connectivity index is 2.14. The number of ether oxygens (including phenoxy) is 1. The van der Waals surface area contributed by atoms with Gasteiger partial charge in [-0.1, -0.05) is 0 Å². The van der Waals surface area contributed by atoms with Gasteiger partial charge in [-0.25, -0.2) is 9.59 Å². The number of benzene rings is 1. The van der Waals surface area contributed by atoms with Gasteiger partial charge in [-0.05, 0) is 31.2 Å². The minimum Gasteiger partial charge on any atom is -0.497 e. The third kappa shape index (κ3) is 5.00. The maximum atomic E-state index is 12.7. The maximum absolute atomic E-state index is 12.7. The Morgan fingerprint density at radius 3 is 2.30 bits per heavy atom. The molecular weight excluding hydrogens is 352 g/mol. The Morgan fingerprint density at radius 1 is 1.11 bits per heavy atom. The Hall–Kier alpha value is -3.01. The predicted molar refractivity (Wildman–Crippen MR) is 100 cm³/mol. The third-order valence-corrected chi connectivity index (χ3v) is 4.04. The molecule has 1 aliphatic heterocycles. The summed E-state index contributed by atoms with van der Waals surface area (Å²) < 4.78 is 5.09. The van der Waals surface area contributed by atoms with Gasteiger partial charge in [0, 0.05) is 38.4 Å². The molecule has 1 aliphatic rings. The van der Waals surface area contributed by atoms with Crippen molar-refractivity contribution in [3.8, 4) is 5.75 Å². The number of nitrogens with zero attached hydrogens (tertiary/aromatic N) is 2. The molecule has 0 aromatic heterocycles. The summed E-state index contributed by atoms with van der Waals surface area (Å²) in [6.45, 7) is 3.21. The second-order valence-corrected chi connectivity index (χ2v) is 5.83. The fourth-order valence-electron chi connectivity index (χ4n) is 2.75. The van der Waals surface area contributed by atoms with Crippen molar-refractivity contribution >= 4 is 23.7 Å². The van der Waals surface area contributed by atoms with E-state index in [0.717, 1.165) is 0 Å². The monoisotopic (exact) mass is 378 g/mol. The number of hydrogen-bond acceptors (Lipinski definition) is 5. The molecule has 148 valence electrons. The molecule has 10 heteroatoms. The van der Waals surface area contributed by atoms with E-state index >= 15 is 0 Å². The number of nitrogens with two attached hydrogens (primary N) is 1. The van der Waals surface area contributed by atoms with E-state index in [4.69, 9.17) is 10.5 Å². The van der Waals surface area contributed by atoms with Crippen LogP contribution in [0.5, 0.6) is 5.75 Å². The van der Waals surface area contributed by atoms with Crippen LogP contribution < -0.4 is 26.4 Å². The molecule has 1 unspecified atom stereocenters. The summed E-state index contributed by atoms with van der Waals surface area (Å²) in [5.74, 6) is 0.213. The van der Waals surface area contributed by atoms with Crippen LogP contribution in [0.3, 0.4) is 0 Å². The minimum atomic E-state index is -1.04. The molecule has 5 N–H and O–H groups in total. The van der Waals surface area contributed by atoms with Crippen LogP contribution in [-0.2, 0) is 4.79 Å². The van der Waals surface area contributed by atoms with Crippen LogP contribution in [0.4, 0.5) is 15.3 Å². The van der Waals surface area contributed by atoms with Gasteiger partial charge in [-0.3, -0.25) is 14.6 Å². The SMILES string of the molecule is CCNC(=O)N1CCN(C(=O)Nc2ccc(OC)cc2)C1C(=O)NCCN. The first-order chi connectivity index (χ1) is 13.0. The van der Waals surface area contributed by atoms with Crippen molar-refractivity contribution in [2.45, 2.75) is 13.1 Å². The van der Waals surface area contributed by atoms with Crippen LogP contribution >= 0.6 is 0 Å². The third-order valence-electron chi connectivity index (χ3n) is 4.04. The van der Waals surface area contributed by atoms with Crippen LogP contribution in [0.15, 0.2) is 24.3 Å². The zero-order chi connectivity index (χ0) is 19.8. The maximum Gasteiger partial charge on any atom is 0.323 e. The van der Waals surface area contributed by atoms with Crippen molar-refractivity contribution < 1.29 is 19.1 Å². The first-order valence-electron chi connectivity index (χ1n) is 8.75. The van der Waals surface area contributed by atoms with Gasteiger partial charge in [-0.15, -0.1) is 0 Å². The number of methoxy groups -OCH3 is 1. The largest absolute Gasteiger partial charge is 0.497 e. The van der Waals surface area contributed by atoms with Crippen LogP contribution in [0.1, 0.15) is 6.92 Å². The van der Waals surface area contributed by atoms with E-state index in [2.05, 4.69) is 16.0 Å². The van der Waals surface area contributed by atoms with Gasteiger partial charge in [0.1, 0.15) is 5.75 Å². The number of amides is 5. The first-order valence-corrected chi connectivity index (χ1v) is 8.75. The summed E-state index contributed by atoms with van der Waals surface area (Å²) in [6.07, 6.45) is -1.04. The van der Waals surface area contributed by atoms with Gasteiger partial charge in [-0.2, -0.15) is 0 Å². The highest BCUT2D eigenvalue weighted by Crippen LogP contribution is 2.19. The van der Waals surface area contributed by atoms with Gasteiger partial charge in [0.15, 0.2) is 6.17 Å². The van der Waals surface area contributed by atoms with Gasteiger partial charge in [0.2, 0.25) is 0 Å². The van der Waals surface area contributed by atoms with Crippen molar-refractivity contribution in [1.82, 2.24) is 20.4 Å². The molecule has 10 nitrogen and oxygen atoms in total. The number of anilines is 1. The second kappa shape index (κ2) is 9.62. The van der Waals surface area contributed by atoms with E-state index in [9.17, 15) is 14.4 Å². The van der Waals surface area contributed by atoms with Gasteiger partial charge < -0.3 is 26.4 Å². The fraction of sp³-hybridized carbons (Fsp3) is 0.471. The molecule has 1 fully saturated rings. The average Bonchev–Trinajstić information content (AvgIpc) is 3.12. The van der Waals surface area contributed by atoms with E-state index in [0.29, 0.717) is 18.0 Å². The van der Waals surface area contributed by atoms with E-state index in [1.165, 1.54) is 9.80 Å². The standard InChI is InChI=1S/C17H26N6O4/c1-3-19-16(25)22-10-11-23(15(22)14(24)20-9-8-18)17(26)21-12-4-6-13(27-2)7-5-12/h4-7,15H,3,8-11,18H2,1-2H3,(H,19,25)(H,20,24)(H,21,26). The first kappa shape index (κ1) is 20.3. The Labute approximate surface area is 158 Å². The molecule has 2 rings (SSSR count). The molecule has 1 atom stereocenters. The highest BCUT2D eigenvalue weighted by atomic mass is 16.5. The lowest BCUT2D eigenvalue weighted by atomic mass is 10.3. The highest BCUT2D eigenvalue weighted by Gasteiger charge is 2.42. The quantitative estimate of drug-likeness (QED) is 0.553. The zero-order valence-corrected chi connectivity index (χ0v) is 15.5. The molecule has 27 heavy (non-hydrogen) atoms. The normalized spacial score (nSPS) is 16.0. The molecule has 0 aliphatic carbocycles. The summed E-state index contributed by atoms with van der Waals surface area (Å²) in [5, 5.41) is 8.04. The van der Waals surface area contributed by atoms with E-state index in [1.807, 2.05) is 0 Å². The van der Waals surface area contributed by atoms with Gasteiger partial charge >= 0.3 is 12.1 Å². The van der Waals surface area contributed by atoms with E-state index in [1.54, 1.807) is 38.3 Å². The lowest BCUT2D eigenvalue weighted by molar-refractivity contribution is -0.127. The highest BCUT2D eigenvalue weighted by molar-refractivity contribution is 5.96. The summed E-state index contributed by atoms with van der Waals surface area (Å²) in [4.78, 5) is 40.2. The molecule has 0 saturated carbocycles. The fourth-order valence-corrected chi connectivity index (χ4v) is 2.75.